The molecule has 0 saturated carbocycles. The van der Waals surface area contributed by atoms with Gasteiger partial charge in [0.1, 0.15) is 0 Å². The van der Waals surface area contributed by atoms with E-state index in [2.05, 4.69) is 6.92 Å². The molecule has 0 amide bonds. The Bertz CT molecular complexity index is 687. The van der Waals surface area contributed by atoms with Gasteiger partial charge >= 0.3 is 0 Å². The molecule has 0 saturated heterocycles. The Labute approximate surface area is 122 Å². The lowest BCUT2D eigenvalue weighted by atomic mass is 10.1. The van der Waals surface area contributed by atoms with Crippen molar-refractivity contribution in [3.63, 3.8) is 0 Å². The minimum atomic E-state index is -0.456. The smallest absolute Gasteiger partial charge is 0.270 e. The number of non-ortho nitro benzene ring substituents is 1. The second kappa shape index (κ2) is 6.61. The fraction of sp³-hybridized carbons (Fsp3) is 0.118. The van der Waals surface area contributed by atoms with Crippen LogP contribution >= 0.6 is 0 Å². The number of nitro groups is 1. The van der Waals surface area contributed by atoms with E-state index in [1.807, 2.05) is 12.1 Å². The van der Waals surface area contributed by atoms with Gasteiger partial charge in [-0.3, -0.25) is 14.9 Å². The second-order valence-corrected chi connectivity index (χ2v) is 4.60. The predicted molar refractivity (Wildman–Crippen MR) is 82.3 cm³/mol. The molecular weight excluding hydrogens is 266 g/mol. The number of rotatable bonds is 5. The summed E-state index contributed by atoms with van der Waals surface area (Å²) in [5.74, 6) is -0.121. The van der Waals surface area contributed by atoms with E-state index in [0.717, 1.165) is 6.42 Å². The highest BCUT2D eigenvalue weighted by molar-refractivity contribution is 6.06. The summed E-state index contributed by atoms with van der Waals surface area (Å²) in [5.41, 5.74) is 2.42. The normalized spacial score (nSPS) is 10.7. The van der Waals surface area contributed by atoms with Crippen molar-refractivity contribution in [2.75, 3.05) is 0 Å². The summed E-state index contributed by atoms with van der Waals surface area (Å²) in [4.78, 5) is 22.2. The van der Waals surface area contributed by atoms with Gasteiger partial charge in [-0.05, 0) is 23.6 Å². The molecule has 21 heavy (non-hydrogen) atoms. The van der Waals surface area contributed by atoms with Gasteiger partial charge in [-0.25, -0.2) is 0 Å². The summed E-state index contributed by atoms with van der Waals surface area (Å²) in [6.07, 6.45) is 3.95. The Hall–Kier alpha value is -2.75. The standard InChI is InChI=1S/C17H15NO3/c1-2-13-6-9-15(10-7-13)17(19)11-8-14-4-3-5-16(12-14)18(20)21/h3-12H,2H2,1H3/b11-8-. The van der Waals surface area contributed by atoms with Crippen LogP contribution in [0.3, 0.4) is 0 Å². The molecule has 4 heteroatoms. The van der Waals surface area contributed by atoms with E-state index in [1.54, 1.807) is 30.3 Å². The van der Waals surface area contributed by atoms with Gasteiger partial charge in [0, 0.05) is 17.7 Å². The lowest BCUT2D eigenvalue weighted by molar-refractivity contribution is -0.384. The number of hydrogen-bond donors (Lipinski definition) is 0. The molecule has 106 valence electrons. The third kappa shape index (κ3) is 3.86. The molecule has 0 atom stereocenters. The van der Waals surface area contributed by atoms with Gasteiger partial charge in [0.05, 0.1) is 4.92 Å². The molecule has 0 aliphatic heterocycles. The molecule has 0 aliphatic carbocycles. The van der Waals surface area contributed by atoms with E-state index in [-0.39, 0.29) is 11.5 Å². The molecule has 0 fully saturated rings. The van der Waals surface area contributed by atoms with Crippen molar-refractivity contribution in [3.05, 3.63) is 81.4 Å². The average Bonchev–Trinajstić information content (AvgIpc) is 2.53. The van der Waals surface area contributed by atoms with E-state index in [1.165, 1.54) is 23.8 Å². The van der Waals surface area contributed by atoms with Gasteiger partial charge in [0.25, 0.3) is 5.69 Å². The highest BCUT2D eigenvalue weighted by Gasteiger charge is 2.05. The van der Waals surface area contributed by atoms with Crippen molar-refractivity contribution in [1.82, 2.24) is 0 Å². The molecule has 0 N–H and O–H groups in total. The first kappa shape index (κ1) is 14.7. The van der Waals surface area contributed by atoms with E-state index >= 15 is 0 Å². The van der Waals surface area contributed by atoms with Crippen LogP contribution in [0.15, 0.2) is 54.6 Å². The number of nitro benzene ring substituents is 1. The predicted octanol–water partition coefficient (Wildman–Crippen LogP) is 4.05. The maximum absolute atomic E-state index is 12.0. The molecule has 2 aromatic rings. The lowest BCUT2D eigenvalue weighted by Crippen LogP contribution is -1.94. The van der Waals surface area contributed by atoms with Crippen molar-refractivity contribution in [2.45, 2.75) is 13.3 Å². The largest absolute Gasteiger partial charge is 0.289 e. The van der Waals surface area contributed by atoms with Crippen molar-refractivity contribution in [1.29, 1.82) is 0 Å². The Balaban J connectivity index is 2.14. The van der Waals surface area contributed by atoms with Crippen LogP contribution in [0.2, 0.25) is 0 Å². The first-order valence-corrected chi connectivity index (χ1v) is 6.66. The zero-order chi connectivity index (χ0) is 15.2. The molecule has 0 aliphatic rings. The second-order valence-electron chi connectivity index (χ2n) is 4.60. The van der Waals surface area contributed by atoms with E-state index in [4.69, 9.17) is 0 Å². The molecule has 0 spiro atoms. The zero-order valence-corrected chi connectivity index (χ0v) is 11.7. The van der Waals surface area contributed by atoms with Crippen LogP contribution in [-0.2, 0) is 6.42 Å². The van der Waals surface area contributed by atoms with Crippen LogP contribution in [0.4, 0.5) is 5.69 Å². The summed E-state index contributed by atoms with van der Waals surface area (Å²) in [6, 6.07) is 13.6. The molecule has 4 nitrogen and oxygen atoms in total. The molecule has 0 unspecified atom stereocenters. The minimum Gasteiger partial charge on any atom is -0.289 e. The third-order valence-corrected chi connectivity index (χ3v) is 3.15. The summed E-state index contributed by atoms with van der Waals surface area (Å²) in [6.45, 7) is 2.05. The van der Waals surface area contributed by atoms with E-state index in [9.17, 15) is 14.9 Å². The number of ketones is 1. The molecule has 2 rings (SSSR count). The SMILES string of the molecule is CCc1ccc(C(=O)/C=C\c2cccc([N+](=O)[O-])c2)cc1. The zero-order valence-electron chi connectivity index (χ0n) is 11.7. The van der Waals surface area contributed by atoms with E-state index < -0.39 is 4.92 Å². The van der Waals surface area contributed by atoms with Crippen LogP contribution in [-0.4, -0.2) is 10.7 Å². The number of allylic oxidation sites excluding steroid dienone is 1. The molecule has 0 aromatic heterocycles. The Morgan fingerprint density at radius 2 is 1.90 bits per heavy atom. The van der Waals surface area contributed by atoms with Crippen molar-refractivity contribution in [2.24, 2.45) is 0 Å². The number of aryl methyl sites for hydroxylation is 1. The number of nitrogens with zero attached hydrogens (tertiary/aromatic N) is 1. The number of hydrogen-bond acceptors (Lipinski definition) is 3. The van der Waals surface area contributed by atoms with Gasteiger partial charge in [0.15, 0.2) is 5.78 Å². The summed E-state index contributed by atoms with van der Waals surface area (Å²) >= 11 is 0. The first-order valence-electron chi connectivity index (χ1n) is 6.66. The van der Waals surface area contributed by atoms with Gasteiger partial charge in [-0.2, -0.15) is 0 Å². The summed E-state index contributed by atoms with van der Waals surface area (Å²) in [5, 5.41) is 10.7. The maximum atomic E-state index is 12.0. The Kier molecular flexibility index (Phi) is 4.61. The van der Waals surface area contributed by atoms with Crippen LogP contribution in [0, 0.1) is 10.1 Å². The molecule has 0 bridgehead atoms. The highest BCUT2D eigenvalue weighted by Crippen LogP contribution is 2.15. The number of carbonyl (C=O) groups is 1. The van der Waals surface area contributed by atoms with Crippen LogP contribution in [0.5, 0.6) is 0 Å². The lowest BCUT2D eigenvalue weighted by Gasteiger charge is -1.99. The van der Waals surface area contributed by atoms with Gasteiger partial charge in [-0.15, -0.1) is 0 Å². The van der Waals surface area contributed by atoms with Crippen molar-refractivity contribution < 1.29 is 9.72 Å². The fourth-order valence-corrected chi connectivity index (χ4v) is 1.91. The van der Waals surface area contributed by atoms with Gasteiger partial charge in [0.2, 0.25) is 0 Å². The van der Waals surface area contributed by atoms with Crippen LogP contribution < -0.4 is 0 Å². The minimum absolute atomic E-state index is 0.0110. The van der Waals surface area contributed by atoms with Gasteiger partial charge < -0.3 is 0 Å². The Morgan fingerprint density at radius 1 is 1.19 bits per heavy atom. The fourth-order valence-electron chi connectivity index (χ4n) is 1.91. The van der Waals surface area contributed by atoms with Crippen molar-refractivity contribution >= 4 is 17.5 Å². The molecule has 0 radical (unpaired) electrons. The number of benzene rings is 2. The molecule has 2 aromatic carbocycles. The quantitative estimate of drug-likeness (QED) is 0.359. The average molecular weight is 281 g/mol. The van der Waals surface area contributed by atoms with E-state index in [0.29, 0.717) is 11.1 Å². The maximum Gasteiger partial charge on any atom is 0.270 e. The van der Waals surface area contributed by atoms with Crippen LogP contribution in [0.1, 0.15) is 28.4 Å². The monoisotopic (exact) mass is 281 g/mol. The van der Waals surface area contributed by atoms with Gasteiger partial charge in [-0.1, -0.05) is 49.4 Å². The van der Waals surface area contributed by atoms with Crippen LogP contribution in [0.25, 0.3) is 6.08 Å². The number of carbonyl (C=O) groups excluding carboxylic acids is 1. The first-order chi connectivity index (χ1) is 10.1. The summed E-state index contributed by atoms with van der Waals surface area (Å²) < 4.78 is 0. The topological polar surface area (TPSA) is 60.2 Å². The third-order valence-electron chi connectivity index (χ3n) is 3.15. The summed E-state index contributed by atoms with van der Waals surface area (Å²) in [7, 11) is 0. The van der Waals surface area contributed by atoms with Crippen molar-refractivity contribution in [3.8, 4) is 0 Å². The molecule has 0 heterocycles. The highest BCUT2D eigenvalue weighted by atomic mass is 16.6. The Morgan fingerprint density at radius 3 is 2.52 bits per heavy atom. The molecular formula is C17H15NO3.